The van der Waals surface area contributed by atoms with Gasteiger partial charge >= 0.3 is 11.8 Å². The first kappa shape index (κ1) is 20.4. The molecule has 3 amide bonds. The van der Waals surface area contributed by atoms with Gasteiger partial charge in [0.05, 0.1) is 5.69 Å². The average Bonchev–Trinajstić information content (AvgIpc) is 3.17. The van der Waals surface area contributed by atoms with Gasteiger partial charge in [-0.25, -0.2) is 0 Å². The maximum absolute atomic E-state index is 12.4. The lowest BCUT2D eigenvalue weighted by Crippen LogP contribution is -2.38. The molecule has 0 aliphatic carbocycles. The normalized spacial score (nSPS) is 15.5. The zero-order valence-corrected chi connectivity index (χ0v) is 17.3. The number of carbonyl (C=O) groups is 3. The van der Waals surface area contributed by atoms with E-state index in [1.54, 1.807) is 6.07 Å². The molecule has 1 unspecified atom stereocenters. The lowest BCUT2D eigenvalue weighted by Gasteiger charge is -2.25. The molecule has 2 aliphatic heterocycles. The van der Waals surface area contributed by atoms with Crippen molar-refractivity contribution in [2.75, 3.05) is 30.4 Å². The predicted octanol–water partition coefficient (Wildman–Crippen LogP) is 2.62. The second-order valence-corrected chi connectivity index (χ2v) is 7.76. The predicted molar refractivity (Wildman–Crippen MR) is 114 cm³/mol. The van der Waals surface area contributed by atoms with Crippen LogP contribution < -0.4 is 15.5 Å². The van der Waals surface area contributed by atoms with Gasteiger partial charge in [0, 0.05) is 42.9 Å². The Kier molecular flexibility index (Phi) is 5.74. The van der Waals surface area contributed by atoms with E-state index >= 15 is 0 Å². The Hall–Kier alpha value is -2.90. The first-order valence-electron chi connectivity index (χ1n) is 9.80. The molecule has 0 saturated heterocycles. The highest BCUT2D eigenvalue weighted by Gasteiger charge is 2.31. The largest absolute Gasteiger partial charge is 0.375 e. The molecule has 2 heterocycles. The molecule has 2 aromatic carbocycles. The Balaban J connectivity index is 1.40. The number of ether oxygens (including phenoxy) is 1. The van der Waals surface area contributed by atoms with Crippen LogP contribution >= 0.6 is 11.6 Å². The summed E-state index contributed by atoms with van der Waals surface area (Å²) in [6.07, 6.45) is 1.38. The van der Waals surface area contributed by atoms with Crippen LogP contribution in [0.25, 0.3) is 0 Å². The summed E-state index contributed by atoms with van der Waals surface area (Å²) in [5.74, 6) is -1.36. The van der Waals surface area contributed by atoms with E-state index in [1.807, 2.05) is 35.2 Å². The summed E-state index contributed by atoms with van der Waals surface area (Å²) in [6.45, 7) is 0.776. The van der Waals surface area contributed by atoms with Crippen LogP contribution in [0.5, 0.6) is 0 Å². The van der Waals surface area contributed by atoms with Gasteiger partial charge in [-0.1, -0.05) is 29.8 Å². The van der Waals surface area contributed by atoms with E-state index in [0.29, 0.717) is 30.1 Å². The minimum atomic E-state index is -0.755. The van der Waals surface area contributed by atoms with Crippen LogP contribution in [0.2, 0.25) is 5.02 Å². The molecular weight excluding hydrogens is 406 g/mol. The molecule has 30 heavy (non-hydrogen) atoms. The third-order valence-electron chi connectivity index (χ3n) is 5.50. The monoisotopic (exact) mass is 427 g/mol. The Morgan fingerprint density at radius 3 is 2.60 bits per heavy atom. The van der Waals surface area contributed by atoms with Gasteiger partial charge in [0.25, 0.3) is 0 Å². The number of hydrogen-bond donors (Lipinski definition) is 2. The Bertz CT molecular complexity index is 1020. The molecule has 0 aromatic heterocycles. The Morgan fingerprint density at radius 1 is 1.13 bits per heavy atom. The SMILES string of the molecule is COC(CNC(=O)C(=O)Nc1cc2c3c(c1)CCN3C(=O)CC2)c1ccccc1Cl. The number of halogens is 1. The number of nitrogens with zero attached hydrogens (tertiary/aromatic N) is 1. The number of hydrogen-bond acceptors (Lipinski definition) is 4. The topological polar surface area (TPSA) is 87.7 Å². The molecule has 4 rings (SSSR count). The smallest absolute Gasteiger partial charge is 0.313 e. The van der Waals surface area contributed by atoms with E-state index < -0.39 is 17.9 Å². The first-order chi connectivity index (χ1) is 14.5. The molecule has 0 bridgehead atoms. The van der Waals surface area contributed by atoms with Crippen molar-refractivity contribution in [3.8, 4) is 0 Å². The van der Waals surface area contributed by atoms with E-state index in [-0.39, 0.29) is 12.5 Å². The molecule has 2 aromatic rings. The molecule has 7 nitrogen and oxygen atoms in total. The molecule has 2 N–H and O–H groups in total. The molecule has 0 spiro atoms. The van der Waals surface area contributed by atoms with Gasteiger partial charge in [0.15, 0.2) is 0 Å². The number of anilines is 2. The minimum absolute atomic E-state index is 0.110. The average molecular weight is 428 g/mol. The van der Waals surface area contributed by atoms with Crippen LogP contribution in [0.3, 0.4) is 0 Å². The van der Waals surface area contributed by atoms with Gasteiger partial charge in [-0.3, -0.25) is 14.4 Å². The van der Waals surface area contributed by atoms with Crippen molar-refractivity contribution in [3.63, 3.8) is 0 Å². The van der Waals surface area contributed by atoms with Gasteiger partial charge in [-0.05, 0) is 42.2 Å². The van der Waals surface area contributed by atoms with Crippen LogP contribution in [0.15, 0.2) is 36.4 Å². The van der Waals surface area contributed by atoms with E-state index in [1.165, 1.54) is 7.11 Å². The van der Waals surface area contributed by atoms with Crippen LogP contribution in [-0.4, -0.2) is 37.9 Å². The molecule has 0 fully saturated rings. The first-order valence-corrected chi connectivity index (χ1v) is 10.2. The lowest BCUT2D eigenvalue weighted by atomic mass is 9.98. The summed E-state index contributed by atoms with van der Waals surface area (Å²) < 4.78 is 5.41. The summed E-state index contributed by atoms with van der Waals surface area (Å²) in [7, 11) is 1.52. The van der Waals surface area contributed by atoms with Crippen molar-refractivity contribution < 1.29 is 19.1 Å². The van der Waals surface area contributed by atoms with Crippen LogP contribution in [-0.2, 0) is 32.0 Å². The summed E-state index contributed by atoms with van der Waals surface area (Å²) in [4.78, 5) is 38.6. The lowest BCUT2D eigenvalue weighted by molar-refractivity contribution is -0.136. The summed E-state index contributed by atoms with van der Waals surface area (Å²) in [5.41, 5.74) is 4.32. The fourth-order valence-electron chi connectivity index (χ4n) is 4.04. The fraction of sp³-hybridized carbons (Fsp3) is 0.318. The van der Waals surface area contributed by atoms with Crippen LogP contribution in [0.1, 0.15) is 29.2 Å². The molecule has 8 heteroatoms. The number of nitrogens with one attached hydrogen (secondary N) is 2. The van der Waals surface area contributed by atoms with Gasteiger partial charge in [0.1, 0.15) is 6.10 Å². The highest BCUT2D eigenvalue weighted by atomic mass is 35.5. The maximum Gasteiger partial charge on any atom is 0.313 e. The molecule has 0 saturated carbocycles. The summed E-state index contributed by atoms with van der Waals surface area (Å²) in [6, 6.07) is 10.9. The van der Waals surface area contributed by atoms with Gasteiger partial charge < -0.3 is 20.3 Å². The zero-order valence-electron chi connectivity index (χ0n) is 16.5. The number of carbonyl (C=O) groups excluding carboxylic acids is 3. The van der Waals surface area contributed by atoms with Crippen molar-refractivity contribution in [2.24, 2.45) is 0 Å². The number of methoxy groups -OCH3 is 1. The van der Waals surface area contributed by atoms with Crippen molar-refractivity contribution in [3.05, 3.63) is 58.1 Å². The van der Waals surface area contributed by atoms with E-state index in [0.717, 1.165) is 28.8 Å². The van der Waals surface area contributed by atoms with Gasteiger partial charge in [0.2, 0.25) is 5.91 Å². The number of benzene rings is 2. The van der Waals surface area contributed by atoms with Gasteiger partial charge in [-0.2, -0.15) is 0 Å². The van der Waals surface area contributed by atoms with E-state index in [4.69, 9.17) is 16.3 Å². The van der Waals surface area contributed by atoms with Crippen LogP contribution in [0, 0.1) is 0 Å². The Labute approximate surface area is 179 Å². The molecule has 2 aliphatic rings. The summed E-state index contributed by atoms with van der Waals surface area (Å²) in [5, 5.41) is 5.79. The van der Waals surface area contributed by atoms with Crippen molar-refractivity contribution in [1.82, 2.24) is 5.32 Å². The molecular formula is C22H22ClN3O4. The molecule has 1 atom stereocenters. The standard InChI is InChI=1S/C22H22ClN3O4/c1-30-18(16-4-2-3-5-17(16)23)12-24-21(28)22(29)25-15-10-13-6-7-19(27)26-9-8-14(11-15)20(13)26/h2-5,10-11,18H,6-9,12H2,1H3,(H,24,28)(H,25,29). The third-order valence-corrected chi connectivity index (χ3v) is 5.84. The highest BCUT2D eigenvalue weighted by molar-refractivity contribution is 6.39. The third kappa shape index (κ3) is 3.91. The highest BCUT2D eigenvalue weighted by Crippen LogP contribution is 2.38. The minimum Gasteiger partial charge on any atom is -0.375 e. The number of rotatable bonds is 5. The maximum atomic E-state index is 12.4. The number of aryl methyl sites for hydroxylation is 1. The zero-order chi connectivity index (χ0) is 21.3. The van der Waals surface area contributed by atoms with Crippen molar-refractivity contribution >= 4 is 40.7 Å². The fourth-order valence-corrected chi connectivity index (χ4v) is 4.30. The van der Waals surface area contributed by atoms with Crippen molar-refractivity contribution in [1.29, 1.82) is 0 Å². The second kappa shape index (κ2) is 8.45. The molecule has 0 radical (unpaired) electrons. The molecule has 156 valence electrons. The quantitative estimate of drug-likeness (QED) is 0.718. The van der Waals surface area contributed by atoms with Crippen molar-refractivity contribution in [2.45, 2.75) is 25.4 Å². The second-order valence-electron chi connectivity index (χ2n) is 7.35. The van der Waals surface area contributed by atoms with Crippen LogP contribution in [0.4, 0.5) is 11.4 Å². The Morgan fingerprint density at radius 2 is 1.87 bits per heavy atom. The summed E-state index contributed by atoms with van der Waals surface area (Å²) >= 11 is 6.19. The number of amides is 3. The van der Waals surface area contributed by atoms with Gasteiger partial charge in [-0.15, -0.1) is 0 Å². The van der Waals surface area contributed by atoms with E-state index in [2.05, 4.69) is 10.6 Å². The van der Waals surface area contributed by atoms with E-state index in [9.17, 15) is 14.4 Å².